The summed E-state index contributed by atoms with van der Waals surface area (Å²) < 4.78 is 37.3. The van der Waals surface area contributed by atoms with E-state index in [0.717, 1.165) is 0 Å². The Morgan fingerprint density at radius 3 is 2.31 bits per heavy atom. The molecular weight excluding hydrogens is 416 g/mol. The van der Waals surface area contributed by atoms with Gasteiger partial charge in [-0.05, 0) is 42.5 Å². The first-order valence-electron chi connectivity index (χ1n) is 9.16. The number of nitrogens with one attached hydrogen (secondary N) is 1. The van der Waals surface area contributed by atoms with Crippen molar-refractivity contribution in [3.8, 4) is 5.75 Å². The van der Waals surface area contributed by atoms with Crippen LogP contribution in [-0.4, -0.2) is 52.0 Å². The third-order valence-corrected chi connectivity index (χ3v) is 6.72. The van der Waals surface area contributed by atoms with E-state index in [4.69, 9.17) is 21.1 Å². The second-order valence-electron chi connectivity index (χ2n) is 6.05. The Balaban J connectivity index is 2.18. The van der Waals surface area contributed by atoms with Crippen LogP contribution in [0.5, 0.6) is 5.75 Å². The number of rotatable bonds is 10. The summed E-state index contributed by atoms with van der Waals surface area (Å²) in [4.78, 5) is 12.5. The van der Waals surface area contributed by atoms with Crippen molar-refractivity contribution in [3.05, 3.63) is 53.1 Å². The maximum Gasteiger partial charge on any atom is 0.255 e. The van der Waals surface area contributed by atoms with Gasteiger partial charge in [-0.2, -0.15) is 4.31 Å². The maximum absolute atomic E-state index is 12.8. The molecule has 158 valence electrons. The smallest absolute Gasteiger partial charge is 0.255 e. The molecule has 0 aliphatic carbocycles. The molecule has 0 fully saturated rings. The SMILES string of the molecule is CCN(CC)S(=O)(=O)c1cc(C(=O)Nc2ccc(OCCOC)cc2)ccc1Cl. The molecule has 1 N–H and O–H groups in total. The van der Waals surface area contributed by atoms with E-state index in [1.54, 1.807) is 45.2 Å². The van der Waals surface area contributed by atoms with E-state index in [9.17, 15) is 13.2 Å². The van der Waals surface area contributed by atoms with Crippen LogP contribution in [0.4, 0.5) is 5.69 Å². The predicted octanol–water partition coefficient (Wildman–Crippen LogP) is 3.65. The summed E-state index contributed by atoms with van der Waals surface area (Å²) in [6.07, 6.45) is 0. The highest BCUT2D eigenvalue weighted by Gasteiger charge is 2.25. The van der Waals surface area contributed by atoms with Gasteiger partial charge in [-0.1, -0.05) is 25.4 Å². The van der Waals surface area contributed by atoms with Gasteiger partial charge in [-0.3, -0.25) is 4.79 Å². The van der Waals surface area contributed by atoms with Gasteiger partial charge in [0.05, 0.1) is 11.6 Å². The highest BCUT2D eigenvalue weighted by atomic mass is 35.5. The number of halogens is 1. The number of benzene rings is 2. The molecule has 0 unspecified atom stereocenters. The fraction of sp³-hybridized carbons (Fsp3) is 0.350. The summed E-state index contributed by atoms with van der Waals surface area (Å²) in [5, 5.41) is 2.81. The Morgan fingerprint density at radius 1 is 1.07 bits per heavy atom. The van der Waals surface area contributed by atoms with Crippen LogP contribution in [0.2, 0.25) is 5.02 Å². The monoisotopic (exact) mass is 440 g/mol. The van der Waals surface area contributed by atoms with Crippen molar-refractivity contribution in [2.24, 2.45) is 0 Å². The number of methoxy groups -OCH3 is 1. The summed E-state index contributed by atoms with van der Waals surface area (Å²) in [7, 11) is -2.19. The summed E-state index contributed by atoms with van der Waals surface area (Å²) >= 11 is 6.11. The van der Waals surface area contributed by atoms with E-state index >= 15 is 0 Å². The maximum atomic E-state index is 12.8. The Bertz CT molecular complexity index is 928. The summed E-state index contributed by atoms with van der Waals surface area (Å²) in [6.45, 7) is 5.02. The first-order chi connectivity index (χ1) is 13.8. The van der Waals surface area contributed by atoms with Gasteiger partial charge in [-0.25, -0.2) is 8.42 Å². The van der Waals surface area contributed by atoms with E-state index in [2.05, 4.69) is 5.32 Å². The van der Waals surface area contributed by atoms with Gasteiger partial charge in [-0.15, -0.1) is 0 Å². The van der Waals surface area contributed by atoms with E-state index in [0.29, 0.717) is 37.7 Å². The molecule has 29 heavy (non-hydrogen) atoms. The first-order valence-corrected chi connectivity index (χ1v) is 11.0. The van der Waals surface area contributed by atoms with Gasteiger partial charge < -0.3 is 14.8 Å². The molecule has 7 nitrogen and oxygen atoms in total. The summed E-state index contributed by atoms with van der Waals surface area (Å²) in [6, 6.07) is 11.0. The van der Waals surface area contributed by atoms with Gasteiger partial charge >= 0.3 is 0 Å². The normalized spacial score (nSPS) is 11.5. The highest BCUT2D eigenvalue weighted by molar-refractivity contribution is 7.89. The van der Waals surface area contributed by atoms with E-state index < -0.39 is 15.9 Å². The molecule has 0 atom stereocenters. The average molecular weight is 441 g/mol. The Labute approximate surface area is 176 Å². The molecule has 0 bridgehead atoms. The second-order valence-corrected chi connectivity index (χ2v) is 8.37. The second kappa shape index (κ2) is 10.6. The predicted molar refractivity (Wildman–Crippen MR) is 113 cm³/mol. The third kappa shape index (κ3) is 5.93. The van der Waals surface area contributed by atoms with Gasteiger partial charge in [0.25, 0.3) is 5.91 Å². The molecule has 0 radical (unpaired) electrons. The number of amides is 1. The zero-order valence-corrected chi connectivity index (χ0v) is 18.2. The summed E-state index contributed by atoms with van der Waals surface area (Å²) in [5.74, 6) is 0.213. The molecule has 0 aromatic heterocycles. The number of hydrogen-bond donors (Lipinski definition) is 1. The quantitative estimate of drug-likeness (QED) is 0.570. The lowest BCUT2D eigenvalue weighted by Gasteiger charge is -2.19. The first kappa shape index (κ1) is 23.2. The highest BCUT2D eigenvalue weighted by Crippen LogP contribution is 2.26. The van der Waals surface area contributed by atoms with Crippen molar-refractivity contribution in [1.29, 1.82) is 0 Å². The molecule has 0 aliphatic heterocycles. The number of sulfonamides is 1. The average Bonchev–Trinajstić information content (AvgIpc) is 2.70. The van der Waals surface area contributed by atoms with Crippen LogP contribution in [0.3, 0.4) is 0 Å². The lowest BCUT2D eigenvalue weighted by atomic mass is 10.2. The standard InChI is InChI=1S/C20H25ClN2O5S/c1-4-23(5-2)29(25,26)19-14-15(6-11-18(19)21)20(24)22-16-7-9-17(10-8-16)28-13-12-27-3/h6-11,14H,4-5,12-13H2,1-3H3,(H,22,24). The fourth-order valence-corrected chi connectivity index (χ4v) is 4.58. The number of anilines is 1. The van der Waals surface area contributed by atoms with Crippen LogP contribution in [-0.2, 0) is 14.8 Å². The van der Waals surface area contributed by atoms with Gasteiger partial charge in [0.1, 0.15) is 17.3 Å². The van der Waals surface area contributed by atoms with Crippen molar-refractivity contribution in [1.82, 2.24) is 4.31 Å². The molecule has 2 aromatic carbocycles. The number of hydrogen-bond acceptors (Lipinski definition) is 5. The van der Waals surface area contributed by atoms with Gasteiger partial charge in [0.2, 0.25) is 10.0 Å². The topological polar surface area (TPSA) is 84.9 Å². The molecule has 1 amide bonds. The van der Waals surface area contributed by atoms with Crippen LogP contribution in [0.25, 0.3) is 0 Å². The minimum Gasteiger partial charge on any atom is -0.491 e. The fourth-order valence-electron chi connectivity index (χ4n) is 2.63. The lowest BCUT2D eigenvalue weighted by Crippen LogP contribution is -2.31. The minimum atomic E-state index is -3.78. The van der Waals surface area contributed by atoms with Crippen molar-refractivity contribution in [2.45, 2.75) is 18.7 Å². The molecule has 9 heteroatoms. The lowest BCUT2D eigenvalue weighted by molar-refractivity contribution is 0.102. The molecule has 0 aliphatic rings. The number of carbonyl (C=O) groups excluding carboxylic acids is 1. The van der Waals surface area contributed by atoms with E-state index in [1.165, 1.54) is 22.5 Å². The molecule has 0 spiro atoms. The zero-order chi connectivity index (χ0) is 21.4. The molecule has 2 aromatic rings. The zero-order valence-electron chi connectivity index (χ0n) is 16.6. The van der Waals surface area contributed by atoms with Crippen molar-refractivity contribution in [2.75, 3.05) is 38.7 Å². The molecular formula is C20H25ClN2O5S. The van der Waals surface area contributed by atoms with Crippen molar-refractivity contribution >= 4 is 33.2 Å². The Kier molecular flexibility index (Phi) is 8.45. The molecule has 0 heterocycles. The van der Waals surface area contributed by atoms with E-state index in [-0.39, 0.29) is 15.5 Å². The Morgan fingerprint density at radius 2 is 1.72 bits per heavy atom. The number of carbonyl (C=O) groups is 1. The molecule has 2 rings (SSSR count). The van der Waals surface area contributed by atoms with Crippen LogP contribution in [0.1, 0.15) is 24.2 Å². The van der Waals surface area contributed by atoms with Crippen LogP contribution >= 0.6 is 11.6 Å². The van der Waals surface area contributed by atoms with Crippen LogP contribution in [0.15, 0.2) is 47.4 Å². The van der Waals surface area contributed by atoms with Gasteiger partial charge in [0, 0.05) is 31.5 Å². The molecule has 0 saturated heterocycles. The van der Waals surface area contributed by atoms with Crippen molar-refractivity contribution in [3.63, 3.8) is 0 Å². The largest absolute Gasteiger partial charge is 0.491 e. The number of ether oxygens (including phenoxy) is 2. The summed E-state index contributed by atoms with van der Waals surface area (Å²) in [5.41, 5.74) is 0.748. The van der Waals surface area contributed by atoms with Crippen molar-refractivity contribution < 1.29 is 22.7 Å². The van der Waals surface area contributed by atoms with Crippen LogP contribution < -0.4 is 10.1 Å². The number of nitrogens with zero attached hydrogens (tertiary/aromatic N) is 1. The van der Waals surface area contributed by atoms with Gasteiger partial charge in [0.15, 0.2) is 0 Å². The van der Waals surface area contributed by atoms with Crippen LogP contribution in [0, 0.1) is 0 Å². The minimum absolute atomic E-state index is 0.0750. The third-order valence-electron chi connectivity index (χ3n) is 4.19. The van der Waals surface area contributed by atoms with E-state index in [1.807, 2.05) is 0 Å². The Hall–Kier alpha value is -2.13. The molecule has 0 saturated carbocycles.